The van der Waals surface area contributed by atoms with Crippen LogP contribution in [0, 0.1) is 6.92 Å². The van der Waals surface area contributed by atoms with Gasteiger partial charge in [-0.15, -0.1) is 0 Å². The fourth-order valence-corrected chi connectivity index (χ4v) is 5.29. The van der Waals surface area contributed by atoms with Gasteiger partial charge in [0, 0.05) is 10.7 Å². The van der Waals surface area contributed by atoms with Crippen LogP contribution in [0.25, 0.3) is 0 Å². The van der Waals surface area contributed by atoms with Crippen LogP contribution in [0.4, 0.5) is 0 Å². The van der Waals surface area contributed by atoms with Crippen LogP contribution < -0.4 is 4.74 Å². The maximum absolute atomic E-state index is 12.4. The van der Waals surface area contributed by atoms with Gasteiger partial charge in [-0.05, 0) is 43.3 Å². The van der Waals surface area contributed by atoms with Crippen molar-refractivity contribution in [3.8, 4) is 5.75 Å². The SMILES string of the molecule is COc1ccc(S(=O)(Cl)=NS(=O)(=O)c2ccc(C)cc2)cc1. The molecule has 2 aromatic rings. The van der Waals surface area contributed by atoms with Crippen molar-refractivity contribution in [1.29, 1.82) is 0 Å². The molecule has 0 saturated carbocycles. The molecule has 0 heterocycles. The first-order valence-corrected chi connectivity index (χ1v) is 9.96. The van der Waals surface area contributed by atoms with Crippen LogP contribution in [-0.2, 0) is 19.0 Å². The fourth-order valence-electron chi connectivity index (χ4n) is 1.67. The average Bonchev–Trinajstić information content (AvgIpc) is 2.46. The molecule has 0 fully saturated rings. The minimum Gasteiger partial charge on any atom is -0.497 e. The van der Waals surface area contributed by atoms with Crippen molar-refractivity contribution in [1.82, 2.24) is 0 Å². The van der Waals surface area contributed by atoms with Gasteiger partial charge in [0.05, 0.1) is 16.9 Å². The first-order valence-electron chi connectivity index (χ1n) is 6.18. The van der Waals surface area contributed by atoms with Crippen LogP contribution in [0.2, 0.25) is 0 Å². The van der Waals surface area contributed by atoms with Crippen LogP contribution in [0.1, 0.15) is 5.56 Å². The minimum absolute atomic E-state index is 0.0556. The highest BCUT2D eigenvalue weighted by Gasteiger charge is 2.19. The topological polar surface area (TPSA) is 72.8 Å². The Hall–Kier alpha value is -1.57. The molecule has 0 spiro atoms. The largest absolute Gasteiger partial charge is 0.497 e. The Balaban J connectivity index is 2.48. The summed E-state index contributed by atoms with van der Waals surface area (Å²) in [5, 5.41) is 0. The van der Waals surface area contributed by atoms with Gasteiger partial charge in [0.25, 0.3) is 10.0 Å². The molecule has 1 unspecified atom stereocenters. The van der Waals surface area contributed by atoms with Crippen molar-refractivity contribution in [3.63, 3.8) is 0 Å². The minimum atomic E-state index is -4.11. The lowest BCUT2D eigenvalue weighted by atomic mass is 10.2. The van der Waals surface area contributed by atoms with Crippen molar-refractivity contribution < 1.29 is 17.4 Å². The number of methoxy groups -OCH3 is 1. The number of hydrogen-bond donors (Lipinski definition) is 0. The Bertz CT molecular complexity index is 881. The third kappa shape index (κ3) is 3.79. The molecule has 0 aliphatic heterocycles. The molecule has 0 aromatic heterocycles. The van der Waals surface area contributed by atoms with E-state index in [2.05, 4.69) is 3.77 Å². The summed E-state index contributed by atoms with van der Waals surface area (Å²) in [5.41, 5.74) is 0.903. The van der Waals surface area contributed by atoms with E-state index in [9.17, 15) is 12.6 Å². The zero-order chi connectivity index (χ0) is 16.4. The molecule has 118 valence electrons. The van der Waals surface area contributed by atoms with E-state index in [1.807, 2.05) is 6.92 Å². The first kappa shape index (κ1) is 16.8. The van der Waals surface area contributed by atoms with E-state index in [-0.39, 0.29) is 9.79 Å². The van der Waals surface area contributed by atoms with Crippen LogP contribution in [0.3, 0.4) is 0 Å². The van der Waals surface area contributed by atoms with Gasteiger partial charge >= 0.3 is 0 Å². The van der Waals surface area contributed by atoms with Crippen molar-refractivity contribution >= 4 is 29.6 Å². The summed E-state index contributed by atoms with van der Waals surface area (Å²) in [6, 6.07) is 12.0. The molecule has 0 aliphatic carbocycles. The number of rotatable bonds is 4. The summed E-state index contributed by atoms with van der Waals surface area (Å²) >= 11 is 0. The van der Waals surface area contributed by atoms with E-state index < -0.39 is 19.0 Å². The fraction of sp³-hybridized carbons (Fsp3) is 0.143. The van der Waals surface area contributed by atoms with Crippen molar-refractivity contribution in [2.24, 2.45) is 3.77 Å². The summed E-state index contributed by atoms with van der Waals surface area (Å²) in [7, 11) is -0.360. The van der Waals surface area contributed by atoms with Gasteiger partial charge in [0.2, 0.25) is 0 Å². The monoisotopic (exact) mass is 359 g/mol. The Labute approximate surface area is 134 Å². The van der Waals surface area contributed by atoms with Gasteiger partial charge < -0.3 is 4.74 Å². The number of sulfonamides is 1. The summed E-state index contributed by atoms with van der Waals surface area (Å²) in [5.74, 6) is 0.539. The van der Waals surface area contributed by atoms with E-state index in [4.69, 9.17) is 15.4 Å². The van der Waals surface area contributed by atoms with Gasteiger partial charge in [-0.2, -0.15) is 8.42 Å². The van der Waals surface area contributed by atoms with E-state index in [0.29, 0.717) is 5.75 Å². The van der Waals surface area contributed by atoms with Gasteiger partial charge in [-0.1, -0.05) is 21.5 Å². The Morgan fingerprint density at radius 3 is 1.91 bits per heavy atom. The standard InChI is InChI=1S/C14H14ClNO4S2/c1-11-3-7-14(8-4-11)22(18,19)16-21(15,17)13-9-5-12(20-2)6-10-13/h3-10H,1-2H3. The van der Waals surface area contributed by atoms with Crippen LogP contribution >= 0.6 is 10.7 Å². The van der Waals surface area contributed by atoms with Crippen molar-refractivity contribution in [2.45, 2.75) is 16.7 Å². The normalized spacial score (nSPS) is 14.1. The Morgan fingerprint density at radius 2 is 1.41 bits per heavy atom. The molecule has 0 radical (unpaired) electrons. The highest BCUT2D eigenvalue weighted by Crippen LogP contribution is 2.25. The lowest BCUT2D eigenvalue weighted by Gasteiger charge is -2.05. The molecular weight excluding hydrogens is 346 g/mol. The van der Waals surface area contributed by atoms with Crippen LogP contribution in [-0.4, -0.2) is 19.7 Å². The van der Waals surface area contributed by atoms with E-state index in [1.165, 1.54) is 43.5 Å². The predicted molar refractivity (Wildman–Crippen MR) is 86.0 cm³/mol. The van der Waals surface area contributed by atoms with Crippen molar-refractivity contribution in [2.75, 3.05) is 7.11 Å². The first-order chi connectivity index (χ1) is 10.2. The molecule has 1 atom stereocenters. The molecule has 0 N–H and O–H groups in total. The van der Waals surface area contributed by atoms with Gasteiger partial charge in [0.1, 0.15) is 5.75 Å². The molecule has 2 rings (SSSR count). The average molecular weight is 360 g/mol. The van der Waals surface area contributed by atoms with Crippen LogP contribution in [0.5, 0.6) is 5.75 Å². The summed E-state index contributed by atoms with van der Waals surface area (Å²) in [6.07, 6.45) is 0. The van der Waals surface area contributed by atoms with Gasteiger partial charge in [-0.3, -0.25) is 0 Å². The maximum Gasteiger partial charge on any atom is 0.291 e. The quantitative estimate of drug-likeness (QED) is 0.784. The number of nitrogens with zero attached hydrogens (tertiary/aromatic N) is 1. The maximum atomic E-state index is 12.4. The molecule has 0 bridgehead atoms. The highest BCUT2D eigenvalue weighted by molar-refractivity contribution is 8.19. The molecule has 0 aliphatic rings. The lowest BCUT2D eigenvalue weighted by Crippen LogP contribution is -2.01. The predicted octanol–water partition coefficient (Wildman–Crippen LogP) is 3.37. The zero-order valence-electron chi connectivity index (χ0n) is 11.9. The molecule has 0 amide bonds. The molecular formula is C14H14ClNO4S2. The Morgan fingerprint density at radius 1 is 0.909 bits per heavy atom. The molecule has 0 saturated heterocycles. The third-order valence-electron chi connectivity index (χ3n) is 2.86. The summed E-state index contributed by atoms with van der Waals surface area (Å²) < 4.78 is 45.2. The van der Waals surface area contributed by atoms with Crippen molar-refractivity contribution in [3.05, 3.63) is 54.1 Å². The zero-order valence-corrected chi connectivity index (χ0v) is 14.3. The molecule has 8 heteroatoms. The van der Waals surface area contributed by atoms with Gasteiger partial charge in [-0.25, -0.2) is 4.21 Å². The second-order valence-corrected chi connectivity index (χ2v) is 9.16. The van der Waals surface area contributed by atoms with E-state index in [0.717, 1.165) is 5.56 Å². The number of ether oxygens (including phenoxy) is 1. The van der Waals surface area contributed by atoms with E-state index in [1.54, 1.807) is 12.1 Å². The number of halogens is 1. The highest BCUT2D eigenvalue weighted by atomic mass is 35.7. The smallest absolute Gasteiger partial charge is 0.291 e. The summed E-state index contributed by atoms with van der Waals surface area (Å²) in [4.78, 5) is 0.0469. The van der Waals surface area contributed by atoms with Crippen LogP contribution in [0.15, 0.2) is 62.1 Å². The number of hydrogen-bond acceptors (Lipinski definition) is 4. The van der Waals surface area contributed by atoms with Gasteiger partial charge in [0.15, 0.2) is 8.94 Å². The Kier molecular flexibility index (Phi) is 4.79. The number of aryl methyl sites for hydroxylation is 1. The molecule has 22 heavy (non-hydrogen) atoms. The lowest BCUT2D eigenvalue weighted by molar-refractivity contribution is 0.414. The second-order valence-electron chi connectivity index (χ2n) is 4.50. The summed E-state index contributed by atoms with van der Waals surface area (Å²) in [6.45, 7) is 1.83. The second kappa shape index (κ2) is 6.28. The third-order valence-corrected chi connectivity index (χ3v) is 7.18. The molecule has 2 aromatic carbocycles. The molecule has 5 nitrogen and oxygen atoms in total. The van der Waals surface area contributed by atoms with E-state index >= 15 is 0 Å². The number of benzene rings is 2.